The first kappa shape index (κ1) is 14.7. The van der Waals surface area contributed by atoms with Crippen molar-refractivity contribution in [3.8, 4) is 6.07 Å². The van der Waals surface area contributed by atoms with Crippen LogP contribution in [0.2, 0.25) is 0 Å². The summed E-state index contributed by atoms with van der Waals surface area (Å²) in [4.78, 5) is 20.7. The number of hydrogen-bond acceptors (Lipinski definition) is 4. The molecule has 0 aliphatic rings. The Labute approximate surface area is 133 Å². The van der Waals surface area contributed by atoms with Crippen LogP contribution in [0, 0.1) is 11.3 Å². The highest BCUT2D eigenvalue weighted by molar-refractivity contribution is 5.87. The number of aromatic nitrogens is 3. The Kier molecular flexibility index (Phi) is 4.02. The van der Waals surface area contributed by atoms with Crippen molar-refractivity contribution in [2.75, 3.05) is 0 Å². The Hall–Kier alpha value is -3.20. The molecule has 2 aromatic heterocycles. The molecule has 1 N–H and O–H groups in total. The zero-order valence-corrected chi connectivity index (χ0v) is 12.6. The summed E-state index contributed by atoms with van der Waals surface area (Å²) in [5.74, 6) is -0.863. The van der Waals surface area contributed by atoms with Crippen molar-refractivity contribution in [3.05, 3.63) is 60.2 Å². The topological polar surface area (TPSA) is 83.6 Å². The van der Waals surface area contributed by atoms with E-state index in [4.69, 9.17) is 0 Å². The lowest BCUT2D eigenvalue weighted by atomic mass is 10.1. The van der Waals surface area contributed by atoms with Crippen molar-refractivity contribution < 1.29 is 4.79 Å². The van der Waals surface area contributed by atoms with Crippen molar-refractivity contribution in [1.82, 2.24) is 19.9 Å². The molecule has 1 aromatic carbocycles. The second-order valence-electron chi connectivity index (χ2n) is 5.15. The Morgan fingerprint density at radius 3 is 2.74 bits per heavy atom. The monoisotopic (exact) mass is 305 g/mol. The summed E-state index contributed by atoms with van der Waals surface area (Å²) in [5, 5.41) is 12.2. The highest BCUT2D eigenvalue weighted by Gasteiger charge is 2.25. The predicted octanol–water partition coefficient (Wildman–Crippen LogP) is 1.89. The molecule has 0 bridgehead atoms. The van der Waals surface area contributed by atoms with Crippen LogP contribution in [0.3, 0.4) is 0 Å². The number of nitrogens with one attached hydrogen (secondary N) is 1. The molecule has 23 heavy (non-hydrogen) atoms. The third-order valence-corrected chi connectivity index (χ3v) is 3.69. The summed E-state index contributed by atoms with van der Waals surface area (Å²) in [6.45, 7) is 0.351. The first-order chi connectivity index (χ1) is 11.2. The lowest BCUT2D eigenvalue weighted by Gasteiger charge is -2.10. The maximum absolute atomic E-state index is 12.4. The normalized spacial score (nSPS) is 11.8. The van der Waals surface area contributed by atoms with Crippen molar-refractivity contribution in [2.24, 2.45) is 7.05 Å². The molecule has 0 aliphatic carbocycles. The zero-order valence-electron chi connectivity index (χ0n) is 12.6. The second-order valence-corrected chi connectivity index (χ2v) is 5.15. The van der Waals surface area contributed by atoms with E-state index < -0.39 is 5.92 Å². The van der Waals surface area contributed by atoms with Gasteiger partial charge in [0.25, 0.3) is 0 Å². The minimum Gasteiger partial charge on any atom is -0.350 e. The van der Waals surface area contributed by atoms with E-state index in [-0.39, 0.29) is 5.91 Å². The van der Waals surface area contributed by atoms with E-state index in [9.17, 15) is 10.1 Å². The first-order valence-corrected chi connectivity index (χ1v) is 7.18. The largest absolute Gasteiger partial charge is 0.350 e. The lowest BCUT2D eigenvalue weighted by Crippen LogP contribution is -2.29. The third-order valence-electron chi connectivity index (χ3n) is 3.69. The number of carbonyl (C=O) groups excluding carboxylic acids is 1. The van der Waals surface area contributed by atoms with Gasteiger partial charge in [-0.2, -0.15) is 5.26 Å². The molecule has 1 atom stereocenters. The molecule has 1 amide bonds. The molecule has 0 aliphatic heterocycles. The number of nitrogens with zero attached hydrogens (tertiary/aromatic N) is 4. The number of para-hydroxylation sites is 2. The minimum absolute atomic E-state index is 0.351. The highest BCUT2D eigenvalue weighted by atomic mass is 16.1. The van der Waals surface area contributed by atoms with Gasteiger partial charge in [0.1, 0.15) is 5.82 Å². The van der Waals surface area contributed by atoms with Gasteiger partial charge < -0.3 is 9.88 Å². The first-order valence-electron chi connectivity index (χ1n) is 7.18. The number of rotatable bonds is 4. The molecular formula is C17H15N5O. The summed E-state index contributed by atoms with van der Waals surface area (Å²) in [6.07, 6.45) is 3.32. The van der Waals surface area contributed by atoms with Crippen LogP contribution in [0.1, 0.15) is 17.3 Å². The fourth-order valence-electron chi connectivity index (χ4n) is 2.45. The standard InChI is InChI=1S/C17H15N5O/c1-22-15-5-3-2-4-14(15)21-16(22)13(10-18)17(23)20-11-12-6-8-19-9-7-12/h2-9,13H,11H2,1H3,(H,20,23)/t13-/m0/s1. The van der Waals surface area contributed by atoms with Crippen LogP contribution in [0.5, 0.6) is 0 Å². The molecule has 0 saturated carbocycles. The van der Waals surface area contributed by atoms with Gasteiger partial charge in [0.05, 0.1) is 17.1 Å². The van der Waals surface area contributed by atoms with Gasteiger partial charge in [-0.25, -0.2) is 4.98 Å². The minimum atomic E-state index is -0.950. The number of aryl methyl sites for hydroxylation is 1. The third kappa shape index (κ3) is 2.90. The van der Waals surface area contributed by atoms with Crippen LogP contribution in [0.25, 0.3) is 11.0 Å². The van der Waals surface area contributed by atoms with Crippen LogP contribution in [-0.2, 0) is 18.4 Å². The fraction of sp³-hybridized carbons (Fsp3) is 0.176. The Morgan fingerprint density at radius 2 is 2.04 bits per heavy atom. The molecule has 2 heterocycles. The number of amides is 1. The molecule has 114 valence electrons. The Balaban J connectivity index is 1.82. The van der Waals surface area contributed by atoms with Crippen molar-refractivity contribution in [1.29, 1.82) is 5.26 Å². The van der Waals surface area contributed by atoms with Crippen LogP contribution in [-0.4, -0.2) is 20.4 Å². The van der Waals surface area contributed by atoms with Gasteiger partial charge in [-0.1, -0.05) is 12.1 Å². The Bertz CT molecular complexity index is 879. The molecule has 3 rings (SSSR count). The number of nitriles is 1. The van der Waals surface area contributed by atoms with Gasteiger partial charge in [0, 0.05) is 26.0 Å². The molecule has 6 nitrogen and oxygen atoms in total. The molecule has 0 spiro atoms. The number of fused-ring (bicyclic) bond motifs is 1. The zero-order chi connectivity index (χ0) is 16.2. The summed E-state index contributed by atoms with van der Waals surface area (Å²) >= 11 is 0. The predicted molar refractivity (Wildman–Crippen MR) is 85.2 cm³/mol. The number of hydrogen-bond donors (Lipinski definition) is 1. The summed E-state index contributed by atoms with van der Waals surface area (Å²) in [5.41, 5.74) is 2.59. The SMILES string of the molecule is Cn1c([C@H](C#N)C(=O)NCc2ccncc2)nc2ccccc21. The van der Waals surface area contributed by atoms with E-state index in [1.807, 2.05) is 49.5 Å². The van der Waals surface area contributed by atoms with Crippen LogP contribution in [0.4, 0.5) is 0 Å². The van der Waals surface area contributed by atoms with Gasteiger partial charge in [0.2, 0.25) is 5.91 Å². The lowest BCUT2D eigenvalue weighted by molar-refractivity contribution is -0.121. The van der Waals surface area contributed by atoms with Gasteiger partial charge in [-0.15, -0.1) is 0 Å². The fourth-order valence-corrected chi connectivity index (χ4v) is 2.45. The van der Waals surface area contributed by atoms with Crippen LogP contribution >= 0.6 is 0 Å². The summed E-state index contributed by atoms with van der Waals surface area (Å²) in [6, 6.07) is 13.2. The van der Waals surface area contributed by atoms with Crippen molar-refractivity contribution in [2.45, 2.75) is 12.5 Å². The second kappa shape index (κ2) is 6.28. The molecule has 3 aromatic rings. The van der Waals surface area contributed by atoms with Crippen LogP contribution in [0.15, 0.2) is 48.8 Å². The molecule has 6 heteroatoms. The molecule has 0 saturated heterocycles. The quantitative estimate of drug-likeness (QED) is 0.798. The van der Waals surface area contributed by atoms with E-state index in [2.05, 4.69) is 15.3 Å². The highest BCUT2D eigenvalue weighted by Crippen LogP contribution is 2.20. The van der Waals surface area contributed by atoms with E-state index in [1.165, 1.54) is 0 Å². The van der Waals surface area contributed by atoms with E-state index >= 15 is 0 Å². The van der Waals surface area contributed by atoms with Crippen LogP contribution < -0.4 is 5.32 Å². The maximum atomic E-state index is 12.4. The average Bonchev–Trinajstić information content (AvgIpc) is 2.92. The van der Waals surface area contributed by atoms with Crippen molar-refractivity contribution in [3.63, 3.8) is 0 Å². The average molecular weight is 305 g/mol. The van der Waals surface area contributed by atoms with E-state index in [0.717, 1.165) is 16.6 Å². The maximum Gasteiger partial charge on any atom is 0.245 e. The van der Waals surface area contributed by atoms with Gasteiger partial charge in [-0.3, -0.25) is 9.78 Å². The van der Waals surface area contributed by atoms with E-state index in [0.29, 0.717) is 12.4 Å². The smallest absolute Gasteiger partial charge is 0.245 e. The number of pyridine rings is 1. The number of imidazole rings is 1. The number of benzene rings is 1. The van der Waals surface area contributed by atoms with Gasteiger partial charge in [-0.05, 0) is 29.8 Å². The Morgan fingerprint density at radius 1 is 1.30 bits per heavy atom. The number of carbonyl (C=O) groups is 1. The summed E-state index contributed by atoms with van der Waals surface area (Å²) in [7, 11) is 1.81. The molecule has 0 radical (unpaired) electrons. The summed E-state index contributed by atoms with van der Waals surface area (Å²) < 4.78 is 1.79. The molecular weight excluding hydrogens is 290 g/mol. The van der Waals surface area contributed by atoms with Gasteiger partial charge >= 0.3 is 0 Å². The van der Waals surface area contributed by atoms with Crippen molar-refractivity contribution >= 4 is 16.9 Å². The van der Waals surface area contributed by atoms with E-state index in [1.54, 1.807) is 17.0 Å². The van der Waals surface area contributed by atoms with Gasteiger partial charge in [0.15, 0.2) is 5.92 Å². The molecule has 0 fully saturated rings. The molecule has 0 unspecified atom stereocenters.